The molecule has 1 aromatic carbocycles. The number of carbonyl (C=O) groups excluding carboxylic acids is 1. The Bertz CT molecular complexity index is 756. The second-order valence-corrected chi connectivity index (χ2v) is 8.08. The maximum absolute atomic E-state index is 14.5. The zero-order chi connectivity index (χ0) is 17.3. The van der Waals surface area contributed by atoms with E-state index in [1.54, 1.807) is 23.5 Å². The number of hydrogen-bond acceptors (Lipinski definition) is 3. The molecular formula is C20H22FNO2S. The van der Waals surface area contributed by atoms with Crippen LogP contribution in [0.5, 0.6) is 0 Å². The van der Waals surface area contributed by atoms with Gasteiger partial charge in [0, 0.05) is 10.4 Å². The molecule has 2 heterocycles. The molecule has 5 heteroatoms. The lowest BCUT2D eigenvalue weighted by atomic mass is 9.68. The molecule has 0 radical (unpaired) electrons. The lowest BCUT2D eigenvalue weighted by Gasteiger charge is -2.36. The van der Waals surface area contributed by atoms with Gasteiger partial charge >= 0.3 is 0 Å². The highest BCUT2D eigenvalue weighted by molar-refractivity contribution is 7.16. The van der Waals surface area contributed by atoms with E-state index in [-0.39, 0.29) is 11.7 Å². The Balaban J connectivity index is 1.64. The molecule has 1 saturated carbocycles. The first kappa shape index (κ1) is 16.7. The second-order valence-electron chi connectivity index (χ2n) is 6.94. The fraction of sp³-hybridized carbons (Fsp3) is 0.450. The van der Waals surface area contributed by atoms with Crippen molar-refractivity contribution >= 4 is 22.2 Å². The van der Waals surface area contributed by atoms with Crippen LogP contribution in [0.3, 0.4) is 0 Å². The molecule has 3 nitrogen and oxygen atoms in total. The summed E-state index contributed by atoms with van der Waals surface area (Å²) in [5.41, 5.74) is 1.04. The van der Waals surface area contributed by atoms with Gasteiger partial charge in [-0.25, -0.2) is 4.39 Å². The first-order chi connectivity index (χ1) is 12.2. The standard InChI is InChI=1S/C20H22FNO2S/c21-16-7-3-2-6-15(16)20(9-4-1-5-10-20)19(23)22-18-12-14-8-11-24-13-17(14)25-18/h2-3,6-7,12H,1,4-5,8-11,13H2,(H,22,23). The predicted octanol–water partition coefficient (Wildman–Crippen LogP) is 4.80. The van der Waals surface area contributed by atoms with Gasteiger partial charge in [0.25, 0.3) is 0 Å². The van der Waals surface area contributed by atoms with E-state index >= 15 is 0 Å². The predicted molar refractivity (Wildman–Crippen MR) is 97.5 cm³/mol. The highest BCUT2D eigenvalue weighted by atomic mass is 32.1. The molecule has 132 valence electrons. The summed E-state index contributed by atoms with van der Waals surface area (Å²) < 4.78 is 20.0. The number of halogens is 1. The van der Waals surface area contributed by atoms with Gasteiger partial charge in [0.1, 0.15) is 5.82 Å². The third-order valence-electron chi connectivity index (χ3n) is 5.41. The molecule has 0 saturated heterocycles. The van der Waals surface area contributed by atoms with Crippen LogP contribution in [0.25, 0.3) is 0 Å². The van der Waals surface area contributed by atoms with Crippen LogP contribution >= 0.6 is 11.3 Å². The molecule has 1 aliphatic heterocycles. The zero-order valence-corrected chi connectivity index (χ0v) is 15.0. The van der Waals surface area contributed by atoms with Crippen LogP contribution in [-0.4, -0.2) is 12.5 Å². The molecule has 25 heavy (non-hydrogen) atoms. The second kappa shape index (κ2) is 6.89. The average molecular weight is 359 g/mol. The average Bonchev–Trinajstić information content (AvgIpc) is 3.05. The summed E-state index contributed by atoms with van der Waals surface area (Å²) in [6.07, 6.45) is 5.31. The summed E-state index contributed by atoms with van der Waals surface area (Å²) in [5, 5.41) is 3.94. The van der Waals surface area contributed by atoms with E-state index < -0.39 is 5.41 Å². The summed E-state index contributed by atoms with van der Waals surface area (Å²) in [7, 11) is 0. The lowest BCUT2D eigenvalue weighted by Crippen LogP contribution is -2.42. The molecule has 1 amide bonds. The van der Waals surface area contributed by atoms with E-state index in [1.165, 1.54) is 16.5 Å². The van der Waals surface area contributed by atoms with E-state index in [0.29, 0.717) is 25.0 Å². The van der Waals surface area contributed by atoms with Crippen molar-refractivity contribution in [1.82, 2.24) is 0 Å². The molecule has 1 N–H and O–H groups in total. The van der Waals surface area contributed by atoms with Crippen LogP contribution in [0.1, 0.15) is 48.1 Å². The van der Waals surface area contributed by atoms with Crippen molar-refractivity contribution in [1.29, 1.82) is 0 Å². The van der Waals surface area contributed by atoms with E-state index in [2.05, 4.69) is 11.4 Å². The number of rotatable bonds is 3. The Morgan fingerprint density at radius 2 is 2.00 bits per heavy atom. The van der Waals surface area contributed by atoms with Crippen LogP contribution in [0.2, 0.25) is 0 Å². The van der Waals surface area contributed by atoms with Crippen molar-refractivity contribution in [3.8, 4) is 0 Å². The minimum Gasteiger partial charge on any atom is -0.376 e. The quantitative estimate of drug-likeness (QED) is 0.855. The topological polar surface area (TPSA) is 38.3 Å². The van der Waals surface area contributed by atoms with Gasteiger partial charge in [-0.2, -0.15) is 0 Å². The molecule has 1 fully saturated rings. The van der Waals surface area contributed by atoms with Crippen LogP contribution < -0.4 is 5.32 Å². The summed E-state index contributed by atoms with van der Waals surface area (Å²) in [5.74, 6) is -0.352. The van der Waals surface area contributed by atoms with Crippen molar-refractivity contribution < 1.29 is 13.9 Å². The number of nitrogens with one attached hydrogen (secondary N) is 1. The maximum Gasteiger partial charge on any atom is 0.235 e. The number of hydrogen-bond donors (Lipinski definition) is 1. The van der Waals surface area contributed by atoms with Crippen LogP contribution in [0.15, 0.2) is 30.3 Å². The summed E-state index contributed by atoms with van der Waals surface area (Å²) in [6.45, 7) is 1.35. The van der Waals surface area contributed by atoms with E-state index in [9.17, 15) is 9.18 Å². The smallest absolute Gasteiger partial charge is 0.235 e. The Labute approximate surface area is 151 Å². The monoisotopic (exact) mass is 359 g/mol. The largest absolute Gasteiger partial charge is 0.376 e. The van der Waals surface area contributed by atoms with Crippen LogP contribution in [0, 0.1) is 5.82 Å². The van der Waals surface area contributed by atoms with Gasteiger partial charge in [-0.1, -0.05) is 37.5 Å². The van der Waals surface area contributed by atoms with Gasteiger partial charge in [0.2, 0.25) is 5.91 Å². The Kier molecular flexibility index (Phi) is 4.61. The number of fused-ring (bicyclic) bond motifs is 1. The third kappa shape index (κ3) is 3.11. The number of benzene rings is 1. The molecule has 2 aliphatic rings. The van der Waals surface area contributed by atoms with Gasteiger partial charge < -0.3 is 10.1 Å². The van der Waals surface area contributed by atoms with Crippen molar-refractivity contribution in [2.24, 2.45) is 0 Å². The fourth-order valence-corrected chi connectivity index (χ4v) is 5.11. The number of amides is 1. The van der Waals surface area contributed by atoms with Crippen molar-refractivity contribution in [2.45, 2.75) is 50.5 Å². The molecule has 0 bridgehead atoms. The Morgan fingerprint density at radius 3 is 2.76 bits per heavy atom. The van der Waals surface area contributed by atoms with Gasteiger partial charge in [0.05, 0.1) is 23.6 Å². The Hall–Kier alpha value is -1.72. The van der Waals surface area contributed by atoms with Gasteiger partial charge in [-0.3, -0.25) is 4.79 Å². The lowest BCUT2D eigenvalue weighted by molar-refractivity contribution is -0.122. The van der Waals surface area contributed by atoms with Gasteiger partial charge in [-0.05, 0) is 37.0 Å². The van der Waals surface area contributed by atoms with Crippen LogP contribution in [-0.2, 0) is 28.0 Å². The number of anilines is 1. The van der Waals surface area contributed by atoms with Crippen molar-refractivity contribution in [3.63, 3.8) is 0 Å². The molecule has 0 spiro atoms. The summed E-state index contributed by atoms with van der Waals surface area (Å²) >= 11 is 1.58. The number of ether oxygens (including phenoxy) is 1. The molecule has 1 aliphatic carbocycles. The number of thiophene rings is 1. The summed E-state index contributed by atoms with van der Waals surface area (Å²) in [4.78, 5) is 14.4. The molecule has 2 aromatic rings. The van der Waals surface area contributed by atoms with Crippen LogP contribution in [0.4, 0.5) is 9.39 Å². The van der Waals surface area contributed by atoms with E-state index in [4.69, 9.17) is 4.74 Å². The maximum atomic E-state index is 14.5. The molecule has 4 rings (SSSR count). The zero-order valence-electron chi connectivity index (χ0n) is 14.1. The van der Waals surface area contributed by atoms with Crippen molar-refractivity contribution in [2.75, 3.05) is 11.9 Å². The SMILES string of the molecule is O=C(Nc1cc2c(s1)COCC2)C1(c2ccccc2F)CCCCC1. The number of carbonyl (C=O) groups is 1. The molecule has 1 aromatic heterocycles. The highest BCUT2D eigenvalue weighted by Gasteiger charge is 2.43. The Morgan fingerprint density at radius 1 is 1.20 bits per heavy atom. The van der Waals surface area contributed by atoms with Crippen molar-refractivity contribution in [3.05, 3.63) is 52.2 Å². The minimum absolute atomic E-state index is 0.0724. The van der Waals surface area contributed by atoms with Gasteiger partial charge in [-0.15, -0.1) is 11.3 Å². The molecule has 0 atom stereocenters. The van der Waals surface area contributed by atoms with E-state index in [0.717, 1.165) is 37.3 Å². The highest BCUT2D eigenvalue weighted by Crippen LogP contribution is 2.42. The summed E-state index contributed by atoms with van der Waals surface area (Å²) in [6, 6.07) is 8.79. The molecular weight excluding hydrogens is 337 g/mol. The fourth-order valence-electron chi connectivity index (χ4n) is 4.06. The first-order valence-electron chi connectivity index (χ1n) is 8.95. The first-order valence-corrected chi connectivity index (χ1v) is 9.76. The third-order valence-corrected chi connectivity index (χ3v) is 6.48. The van der Waals surface area contributed by atoms with Gasteiger partial charge in [0.15, 0.2) is 0 Å². The van der Waals surface area contributed by atoms with E-state index in [1.807, 2.05) is 6.07 Å². The minimum atomic E-state index is -0.759. The molecule has 0 unspecified atom stereocenters. The normalized spacial score (nSPS) is 19.2.